The molecule has 0 saturated heterocycles. The summed E-state index contributed by atoms with van der Waals surface area (Å²) < 4.78 is 5.88. The Morgan fingerprint density at radius 3 is 2.44 bits per heavy atom. The van der Waals surface area contributed by atoms with E-state index in [1.54, 1.807) is 0 Å². The van der Waals surface area contributed by atoms with Crippen molar-refractivity contribution < 1.29 is 4.74 Å². The Labute approximate surface area is 101 Å². The zero-order valence-electron chi connectivity index (χ0n) is 11.3. The van der Waals surface area contributed by atoms with Crippen molar-refractivity contribution in [2.24, 2.45) is 5.92 Å². The zero-order valence-corrected chi connectivity index (χ0v) is 11.3. The number of rotatable bonds is 7. The van der Waals surface area contributed by atoms with Gasteiger partial charge in [0.15, 0.2) is 0 Å². The standard InChI is InChI=1S/C14H29NO/c1-12(2)11-13(3)15-9-10-16-14-7-5-4-6-8-14/h12-15H,4-11H2,1-3H3. The van der Waals surface area contributed by atoms with Gasteiger partial charge in [-0.15, -0.1) is 0 Å². The van der Waals surface area contributed by atoms with E-state index in [4.69, 9.17) is 4.74 Å². The summed E-state index contributed by atoms with van der Waals surface area (Å²) in [6, 6.07) is 0.620. The van der Waals surface area contributed by atoms with E-state index in [1.807, 2.05) is 0 Å². The van der Waals surface area contributed by atoms with Gasteiger partial charge in [0.1, 0.15) is 0 Å². The Morgan fingerprint density at radius 1 is 1.12 bits per heavy atom. The molecule has 0 spiro atoms. The summed E-state index contributed by atoms with van der Waals surface area (Å²) >= 11 is 0. The second-order valence-corrected chi connectivity index (χ2v) is 5.62. The van der Waals surface area contributed by atoms with Gasteiger partial charge in [-0.1, -0.05) is 33.1 Å². The predicted molar refractivity (Wildman–Crippen MR) is 69.7 cm³/mol. The van der Waals surface area contributed by atoms with Crippen LogP contribution in [0.15, 0.2) is 0 Å². The minimum atomic E-state index is 0.552. The van der Waals surface area contributed by atoms with E-state index in [0.717, 1.165) is 19.1 Å². The fourth-order valence-electron chi connectivity index (χ4n) is 2.55. The first-order chi connectivity index (χ1) is 7.68. The van der Waals surface area contributed by atoms with E-state index < -0.39 is 0 Å². The van der Waals surface area contributed by atoms with Crippen LogP contribution in [-0.4, -0.2) is 25.3 Å². The lowest BCUT2D eigenvalue weighted by molar-refractivity contribution is 0.0293. The maximum atomic E-state index is 5.88. The summed E-state index contributed by atoms with van der Waals surface area (Å²) in [5.74, 6) is 0.779. The molecule has 1 aliphatic carbocycles. The smallest absolute Gasteiger partial charge is 0.0594 e. The Bertz CT molecular complexity index is 164. The van der Waals surface area contributed by atoms with Gasteiger partial charge in [-0.05, 0) is 32.1 Å². The van der Waals surface area contributed by atoms with Crippen LogP contribution in [0.4, 0.5) is 0 Å². The zero-order chi connectivity index (χ0) is 11.8. The van der Waals surface area contributed by atoms with Gasteiger partial charge in [0.2, 0.25) is 0 Å². The lowest BCUT2D eigenvalue weighted by atomic mass is 9.98. The van der Waals surface area contributed by atoms with Gasteiger partial charge in [-0.25, -0.2) is 0 Å². The molecule has 1 unspecified atom stereocenters. The van der Waals surface area contributed by atoms with E-state index in [9.17, 15) is 0 Å². The summed E-state index contributed by atoms with van der Waals surface area (Å²) in [4.78, 5) is 0. The van der Waals surface area contributed by atoms with Gasteiger partial charge >= 0.3 is 0 Å². The summed E-state index contributed by atoms with van der Waals surface area (Å²) in [6.45, 7) is 8.70. The second-order valence-electron chi connectivity index (χ2n) is 5.62. The van der Waals surface area contributed by atoms with E-state index >= 15 is 0 Å². The highest BCUT2D eigenvalue weighted by Crippen LogP contribution is 2.19. The molecule has 16 heavy (non-hydrogen) atoms. The van der Waals surface area contributed by atoms with Gasteiger partial charge in [0.25, 0.3) is 0 Å². The van der Waals surface area contributed by atoms with Crippen molar-refractivity contribution in [2.75, 3.05) is 13.2 Å². The molecule has 2 heteroatoms. The molecule has 1 N–H and O–H groups in total. The van der Waals surface area contributed by atoms with Gasteiger partial charge in [-0.2, -0.15) is 0 Å². The molecule has 0 radical (unpaired) electrons. The number of nitrogens with one attached hydrogen (secondary N) is 1. The van der Waals surface area contributed by atoms with Gasteiger partial charge in [-0.3, -0.25) is 0 Å². The molecule has 96 valence electrons. The normalized spacial score (nSPS) is 20.2. The molecule has 0 aromatic heterocycles. The topological polar surface area (TPSA) is 21.3 Å². The molecule has 1 rings (SSSR count). The van der Waals surface area contributed by atoms with Gasteiger partial charge in [0, 0.05) is 12.6 Å². The lowest BCUT2D eigenvalue weighted by Crippen LogP contribution is -2.31. The van der Waals surface area contributed by atoms with Crippen molar-refractivity contribution in [3.63, 3.8) is 0 Å². The highest BCUT2D eigenvalue weighted by atomic mass is 16.5. The maximum Gasteiger partial charge on any atom is 0.0594 e. The predicted octanol–water partition coefficient (Wildman–Crippen LogP) is 3.36. The first kappa shape index (κ1) is 14.0. The molecule has 1 aliphatic rings. The summed E-state index contributed by atoms with van der Waals surface area (Å²) in [7, 11) is 0. The fourth-order valence-corrected chi connectivity index (χ4v) is 2.55. The molecule has 0 aliphatic heterocycles. The van der Waals surface area contributed by atoms with E-state index in [-0.39, 0.29) is 0 Å². The number of hydrogen-bond acceptors (Lipinski definition) is 2. The Morgan fingerprint density at radius 2 is 1.81 bits per heavy atom. The van der Waals surface area contributed by atoms with Crippen LogP contribution in [-0.2, 0) is 4.74 Å². The number of hydrogen-bond donors (Lipinski definition) is 1. The van der Waals surface area contributed by atoms with Crippen LogP contribution in [0.3, 0.4) is 0 Å². The third kappa shape index (κ3) is 6.49. The van der Waals surface area contributed by atoms with Crippen molar-refractivity contribution in [2.45, 2.75) is 71.4 Å². The monoisotopic (exact) mass is 227 g/mol. The summed E-state index contributed by atoms with van der Waals surface area (Å²) in [5, 5.41) is 3.53. The van der Waals surface area contributed by atoms with Gasteiger partial charge < -0.3 is 10.1 Å². The molecule has 0 aromatic carbocycles. The Hall–Kier alpha value is -0.0800. The van der Waals surface area contributed by atoms with Crippen LogP contribution in [0.25, 0.3) is 0 Å². The van der Waals surface area contributed by atoms with Crippen LogP contribution in [0.1, 0.15) is 59.3 Å². The SMILES string of the molecule is CC(C)CC(C)NCCOC1CCCCC1. The summed E-state index contributed by atoms with van der Waals surface area (Å²) in [6.07, 6.45) is 8.50. The average molecular weight is 227 g/mol. The molecule has 0 aromatic rings. The molecule has 1 atom stereocenters. The highest BCUT2D eigenvalue weighted by Gasteiger charge is 2.13. The van der Waals surface area contributed by atoms with Gasteiger partial charge in [0.05, 0.1) is 12.7 Å². The summed E-state index contributed by atoms with van der Waals surface area (Å²) in [5.41, 5.74) is 0. The van der Waals surface area contributed by atoms with Crippen LogP contribution in [0.2, 0.25) is 0 Å². The van der Waals surface area contributed by atoms with E-state index in [2.05, 4.69) is 26.1 Å². The van der Waals surface area contributed by atoms with Crippen LogP contribution in [0.5, 0.6) is 0 Å². The molecule has 1 saturated carbocycles. The van der Waals surface area contributed by atoms with Crippen LogP contribution < -0.4 is 5.32 Å². The Kier molecular flexibility index (Phi) is 7.06. The highest BCUT2D eigenvalue weighted by molar-refractivity contribution is 4.66. The third-order valence-corrected chi connectivity index (χ3v) is 3.33. The first-order valence-electron chi connectivity index (χ1n) is 7.03. The Balaban J connectivity index is 1.94. The first-order valence-corrected chi connectivity index (χ1v) is 7.03. The van der Waals surface area contributed by atoms with Crippen molar-refractivity contribution in [3.05, 3.63) is 0 Å². The van der Waals surface area contributed by atoms with Crippen molar-refractivity contribution in [1.29, 1.82) is 0 Å². The second kappa shape index (κ2) is 8.08. The quantitative estimate of drug-likeness (QED) is 0.673. The van der Waals surface area contributed by atoms with Crippen LogP contribution in [0, 0.1) is 5.92 Å². The maximum absolute atomic E-state index is 5.88. The van der Waals surface area contributed by atoms with Crippen molar-refractivity contribution in [3.8, 4) is 0 Å². The molecular weight excluding hydrogens is 198 g/mol. The minimum Gasteiger partial charge on any atom is -0.377 e. The average Bonchev–Trinajstić information content (AvgIpc) is 2.25. The van der Waals surface area contributed by atoms with E-state index in [1.165, 1.54) is 38.5 Å². The van der Waals surface area contributed by atoms with Crippen molar-refractivity contribution in [1.82, 2.24) is 5.32 Å². The minimum absolute atomic E-state index is 0.552. The largest absolute Gasteiger partial charge is 0.377 e. The molecular formula is C14H29NO. The molecule has 2 nitrogen and oxygen atoms in total. The lowest BCUT2D eigenvalue weighted by Gasteiger charge is -2.23. The number of ether oxygens (including phenoxy) is 1. The third-order valence-electron chi connectivity index (χ3n) is 3.33. The molecule has 0 heterocycles. The fraction of sp³-hybridized carbons (Fsp3) is 1.00. The molecule has 0 amide bonds. The van der Waals surface area contributed by atoms with E-state index in [0.29, 0.717) is 12.1 Å². The molecule has 1 fully saturated rings. The van der Waals surface area contributed by atoms with Crippen LogP contribution >= 0.6 is 0 Å². The molecule has 0 bridgehead atoms. The van der Waals surface area contributed by atoms with Crippen molar-refractivity contribution >= 4 is 0 Å².